The summed E-state index contributed by atoms with van der Waals surface area (Å²) < 4.78 is 6.64. The molecule has 6 heteroatoms. The molecular formula is C18H16N2O3S. The van der Waals surface area contributed by atoms with Crippen molar-refractivity contribution < 1.29 is 9.53 Å². The van der Waals surface area contributed by atoms with Crippen LogP contribution in [0.3, 0.4) is 0 Å². The topological polar surface area (TPSA) is 61.2 Å². The van der Waals surface area contributed by atoms with Gasteiger partial charge in [0, 0.05) is 4.88 Å². The van der Waals surface area contributed by atoms with E-state index in [0.29, 0.717) is 16.7 Å². The second-order valence-electron chi connectivity index (χ2n) is 5.84. The zero-order valence-electron chi connectivity index (χ0n) is 13.2. The second kappa shape index (κ2) is 5.87. The maximum Gasteiger partial charge on any atom is 0.262 e. The number of ether oxygens (including phenoxy) is 1. The molecule has 3 aromatic rings. The molecular weight excluding hydrogens is 324 g/mol. The number of para-hydroxylation sites is 1. The Bertz CT molecular complexity index is 1000. The maximum atomic E-state index is 12.8. The van der Waals surface area contributed by atoms with Gasteiger partial charge in [-0.15, -0.1) is 11.3 Å². The van der Waals surface area contributed by atoms with E-state index < -0.39 is 0 Å². The van der Waals surface area contributed by atoms with Crippen LogP contribution in [-0.4, -0.2) is 22.4 Å². The van der Waals surface area contributed by atoms with Crippen LogP contribution in [0.2, 0.25) is 0 Å². The quantitative estimate of drug-likeness (QED) is 0.685. The SMILES string of the molecule is COc1ccccc1C(=O)Cn1cnc2sc3c(c2c1=O)CCC3. The monoisotopic (exact) mass is 340 g/mol. The number of aryl methyl sites for hydroxylation is 2. The van der Waals surface area contributed by atoms with E-state index in [1.807, 2.05) is 6.07 Å². The minimum Gasteiger partial charge on any atom is -0.496 e. The molecule has 0 bridgehead atoms. The van der Waals surface area contributed by atoms with Crippen molar-refractivity contribution >= 4 is 27.3 Å². The molecule has 0 saturated heterocycles. The zero-order chi connectivity index (χ0) is 16.7. The number of aromatic nitrogens is 2. The number of rotatable bonds is 4. The predicted molar refractivity (Wildman–Crippen MR) is 93.2 cm³/mol. The molecule has 122 valence electrons. The first kappa shape index (κ1) is 15.1. The molecule has 0 amide bonds. The molecule has 1 aliphatic carbocycles. The number of methoxy groups -OCH3 is 1. The fourth-order valence-corrected chi connectivity index (χ4v) is 4.47. The third-order valence-corrected chi connectivity index (χ3v) is 5.61. The minimum absolute atomic E-state index is 0.0350. The summed E-state index contributed by atoms with van der Waals surface area (Å²) in [7, 11) is 1.53. The van der Waals surface area contributed by atoms with Crippen LogP contribution in [0.15, 0.2) is 35.4 Å². The van der Waals surface area contributed by atoms with Crippen molar-refractivity contribution in [2.75, 3.05) is 7.11 Å². The first-order valence-electron chi connectivity index (χ1n) is 7.85. The number of carbonyl (C=O) groups excluding carboxylic acids is 1. The molecule has 2 aromatic heterocycles. The summed E-state index contributed by atoms with van der Waals surface area (Å²) >= 11 is 1.60. The van der Waals surface area contributed by atoms with E-state index in [4.69, 9.17) is 4.74 Å². The van der Waals surface area contributed by atoms with Gasteiger partial charge < -0.3 is 4.74 Å². The molecule has 0 spiro atoms. The van der Waals surface area contributed by atoms with E-state index in [0.717, 1.165) is 29.7 Å². The predicted octanol–water partition coefficient (Wildman–Crippen LogP) is 2.84. The molecule has 1 aromatic carbocycles. The van der Waals surface area contributed by atoms with Crippen molar-refractivity contribution in [2.24, 2.45) is 0 Å². The summed E-state index contributed by atoms with van der Waals surface area (Å²) in [5.41, 5.74) is 1.48. The third kappa shape index (κ3) is 2.34. The molecule has 0 N–H and O–H groups in total. The number of nitrogens with zero attached hydrogens (tertiary/aromatic N) is 2. The highest BCUT2D eigenvalue weighted by atomic mass is 32.1. The summed E-state index contributed by atoms with van der Waals surface area (Å²) in [6, 6.07) is 7.04. The molecule has 2 heterocycles. The lowest BCUT2D eigenvalue weighted by molar-refractivity contribution is 0.0967. The summed E-state index contributed by atoms with van der Waals surface area (Å²) in [5, 5.41) is 0.697. The lowest BCUT2D eigenvalue weighted by Crippen LogP contribution is -2.25. The maximum absolute atomic E-state index is 12.8. The summed E-state index contributed by atoms with van der Waals surface area (Å²) in [6.07, 6.45) is 4.52. The van der Waals surface area contributed by atoms with Crippen LogP contribution in [-0.2, 0) is 19.4 Å². The molecule has 24 heavy (non-hydrogen) atoms. The Labute approximate surface area is 142 Å². The number of carbonyl (C=O) groups is 1. The van der Waals surface area contributed by atoms with Crippen molar-refractivity contribution in [1.82, 2.24) is 9.55 Å². The molecule has 5 nitrogen and oxygen atoms in total. The van der Waals surface area contributed by atoms with Gasteiger partial charge in [0.25, 0.3) is 5.56 Å². The average Bonchev–Trinajstić information content (AvgIpc) is 3.18. The molecule has 0 aliphatic heterocycles. The number of hydrogen-bond acceptors (Lipinski definition) is 5. The zero-order valence-corrected chi connectivity index (χ0v) is 14.1. The van der Waals surface area contributed by atoms with Gasteiger partial charge in [0.15, 0.2) is 5.78 Å². The number of hydrogen-bond donors (Lipinski definition) is 0. The van der Waals surface area contributed by atoms with Crippen molar-refractivity contribution in [3.05, 3.63) is 57.0 Å². The second-order valence-corrected chi connectivity index (χ2v) is 6.92. The normalized spacial score (nSPS) is 13.2. The van der Waals surface area contributed by atoms with E-state index in [2.05, 4.69) is 4.98 Å². The highest BCUT2D eigenvalue weighted by Gasteiger charge is 2.22. The highest BCUT2D eigenvalue weighted by molar-refractivity contribution is 7.18. The number of benzene rings is 1. The number of thiophene rings is 1. The van der Waals surface area contributed by atoms with Crippen molar-refractivity contribution in [3.8, 4) is 5.75 Å². The average molecular weight is 340 g/mol. The van der Waals surface area contributed by atoms with Gasteiger partial charge in [-0.25, -0.2) is 4.98 Å². The Morgan fingerprint density at radius 3 is 3.00 bits per heavy atom. The lowest BCUT2D eigenvalue weighted by Gasteiger charge is -2.08. The molecule has 0 fully saturated rings. The molecule has 4 rings (SSSR count). The van der Waals surface area contributed by atoms with Crippen molar-refractivity contribution in [2.45, 2.75) is 25.8 Å². The lowest BCUT2D eigenvalue weighted by atomic mass is 10.1. The first-order chi connectivity index (χ1) is 11.7. The van der Waals surface area contributed by atoms with Crippen LogP contribution in [0, 0.1) is 0 Å². The molecule has 0 unspecified atom stereocenters. The van der Waals surface area contributed by atoms with Gasteiger partial charge in [-0.1, -0.05) is 12.1 Å². The molecule has 0 saturated carbocycles. The van der Waals surface area contributed by atoms with Gasteiger partial charge >= 0.3 is 0 Å². The third-order valence-electron chi connectivity index (χ3n) is 4.41. The van der Waals surface area contributed by atoms with E-state index in [-0.39, 0.29) is 17.9 Å². The van der Waals surface area contributed by atoms with Gasteiger partial charge in [-0.05, 0) is 37.0 Å². The Hall–Kier alpha value is -2.47. The molecule has 1 aliphatic rings. The van der Waals surface area contributed by atoms with E-state index in [1.54, 1.807) is 29.5 Å². The van der Waals surface area contributed by atoms with Gasteiger partial charge in [0.1, 0.15) is 10.6 Å². The van der Waals surface area contributed by atoms with Crippen LogP contribution in [0.5, 0.6) is 5.75 Å². The Morgan fingerprint density at radius 1 is 1.33 bits per heavy atom. The van der Waals surface area contributed by atoms with Crippen molar-refractivity contribution in [1.29, 1.82) is 0 Å². The summed E-state index contributed by atoms with van der Waals surface area (Å²) in [6.45, 7) is -0.0350. The largest absolute Gasteiger partial charge is 0.496 e. The van der Waals surface area contributed by atoms with Crippen LogP contribution in [0.4, 0.5) is 0 Å². The Balaban J connectivity index is 1.74. The molecule has 0 radical (unpaired) electrons. The van der Waals surface area contributed by atoms with Gasteiger partial charge in [0.05, 0.1) is 30.9 Å². The highest BCUT2D eigenvalue weighted by Crippen LogP contribution is 2.34. The Morgan fingerprint density at radius 2 is 2.17 bits per heavy atom. The number of ketones is 1. The van der Waals surface area contributed by atoms with Gasteiger partial charge in [-0.2, -0.15) is 0 Å². The standard InChI is InChI=1S/C18H16N2O3S/c1-23-14-7-3-2-5-11(14)13(21)9-20-10-19-17-16(18(20)22)12-6-4-8-15(12)24-17/h2-3,5,7,10H,4,6,8-9H2,1H3. The van der Waals surface area contributed by atoms with Crippen LogP contribution >= 0.6 is 11.3 Å². The Kier molecular flexibility index (Phi) is 3.69. The fraction of sp³-hybridized carbons (Fsp3) is 0.278. The molecule has 0 atom stereocenters. The fourth-order valence-electron chi connectivity index (χ4n) is 3.25. The smallest absolute Gasteiger partial charge is 0.262 e. The van der Waals surface area contributed by atoms with Gasteiger partial charge in [-0.3, -0.25) is 14.2 Å². The van der Waals surface area contributed by atoms with Gasteiger partial charge in [0.2, 0.25) is 0 Å². The van der Waals surface area contributed by atoms with E-state index in [1.165, 1.54) is 22.9 Å². The van der Waals surface area contributed by atoms with Crippen molar-refractivity contribution in [3.63, 3.8) is 0 Å². The summed E-state index contributed by atoms with van der Waals surface area (Å²) in [5.74, 6) is 0.351. The van der Waals surface area contributed by atoms with Crippen LogP contribution in [0.25, 0.3) is 10.2 Å². The van der Waals surface area contributed by atoms with E-state index in [9.17, 15) is 9.59 Å². The summed E-state index contributed by atoms with van der Waals surface area (Å²) in [4.78, 5) is 31.8. The number of Topliss-reactive ketones (excluding diaryl/α,β-unsaturated/α-hetero) is 1. The van der Waals surface area contributed by atoms with Crippen LogP contribution < -0.4 is 10.3 Å². The van der Waals surface area contributed by atoms with E-state index >= 15 is 0 Å². The number of fused-ring (bicyclic) bond motifs is 3. The van der Waals surface area contributed by atoms with Crippen LogP contribution in [0.1, 0.15) is 27.2 Å². The minimum atomic E-state index is -0.164. The first-order valence-corrected chi connectivity index (χ1v) is 8.66.